The lowest BCUT2D eigenvalue weighted by atomic mass is 9.96. The first-order valence-electron chi connectivity index (χ1n) is 7.81. The molecule has 0 fully saturated rings. The SMILES string of the molecule is CC(CCc1ccccc1)/C(=N\OCc1ccccc1)C(F)(F)F. The summed E-state index contributed by atoms with van der Waals surface area (Å²) < 4.78 is 39.6. The lowest BCUT2D eigenvalue weighted by Gasteiger charge is -2.17. The van der Waals surface area contributed by atoms with Crippen molar-refractivity contribution in [1.82, 2.24) is 0 Å². The van der Waals surface area contributed by atoms with Gasteiger partial charge in [0.25, 0.3) is 0 Å². The van der Waals surface area contributed by atoms with Crippen LogP contribution >= 0.6 is 0 Å². The molecule has 1 atom stereocenters. The minimum atomic E-state index is -4.49. The number of rotatable bonds is 7. The molecule has 24 heavy (non-hydrogen) atoms. The van der Waals surface area contributed by atoms with Gasteiger partial charge in [-0.15, -0.1) is 0 Å². The van der Waals surface area contributed by atoms with Crippen molar-refractivity contribution in [1.29, 1.82) is 0 Å². The Hall–Kier alpha value is -2.30. The zero-order valence-electron chi connectivity index (χ0n) is 13.5. The Morgan fingerprint density at radius 3 is 2.04 bits per heavy atom. The van der Waals surface area contributed by atoms with Gasteiger partial charge in [0.15, 0.2) is 5.71 Å². The highest BCUT2D eigenvalue weighted by molar-refractivity contribution is 5.91. The summed E-state index contributed by atoms with van der Waals surface area (Å²) in [5.41, 5.74) is 0.921. The van der Waals surface area contributed by atoms with Gasteiger partial charge >= 0.3 is 6.18 Å². The topological polar surface area (TPSA) is 21.6 Å². The van der Waals surface area contributed by atoms with Crippen LogP contribution < -0.4 is 0 Å². The molecule has 0 radical (unpaired) electrons. The Morgan fingerprint density at radius 2 is 1.50 bits per heavy atom. The Kier molecular flexibility index (Phi) is 6.41. The molecule has 0 heterocycles. The van der Waals surface area contributed by atoms with Crippen LogP contribution in [0.2, 0.25) is 0 Å². The normalized spacial score (nSPS) is 13.6. The number of nitrogens with zero attached hydrogens (tertiary/aromatic N) is 1. The maximum atomic E-state index is 13.2. The molecule has 0 aliphatic rings. The van der Waals surface area contributed by atoms with Gasteiger partial charge in [-0.2, -0.15) is 13.2 Å². The lowest BCUT2D eigenvalue weighted by Crippen LogP contribution is -2.30. The molecular weight excluding hydrogens is 315 g/mol. The van der Waals surface area contributed by atoms with Gasteiger partial charge in [0.1, 0.15) is 6.61 Å². The van der Waals surface area contributed by atoms with Crippen molar-refractivity contribution in [3.8, 4) is 0 Å². The number of aryl methyl sites for hydroxylation is 1. The third-order valence-corrected chi connectivity index (χ3v) is 3.70. The predicted molar refractivity (Wildman–Crippen MR) is 88.6 cm³/mol. The molecule has 0 aliphatic carbocycles. The number of oxime groups is 1. The maximum absolute atomic E-state index is 13.2. The summed E-state index contributed by atoms with van der Waals surface area (Å²) >= 11 is 0. The van der Waals surface area contributed by atoms with Crippen molar-refractivity contribution in [3.05, 3.63) is 71.8 Å². The van der Waals surface area contributed by atoms with E-state index in [0.29, 0.717) is 12.8 Å². The van der Waals surface area contributed by atoms with E-state index in [2.05, 4.69) is 5.16 Å². The second-order valence-corrected chi connectivity index (χ2v) is 5.66. The van der Waals surface area contributed by atoms with E-state index in [1.807, 2.05) is 36.4 Å². The van der Waals surface area contributed by atoms with Crippen LogP contribution in [0.3, 0.4) is 0 Å². The first-order valence-corrected chi connectivity index (χ1v) is 7.81. The average molecular weight is 335 g/mol. The van der Waals surface area contributed by atoms with Crippen LogP contribution in [0.15, 0.2) is 65.8 Å². The van der Waals surface area contributed by atoms with Crippen molar-refractivity contribution < 1.29 is 18.0 Å². The van der Waals surface area contributed by atoms with E-state index in [9.17, 15) is 13.2 Å². The van der Waals surface area contributed by atoms with E-state index in [4.69, 9.17) is 4.84 Å². The van der Waals surface area contributed by atoms with Gasteiger partial charge in [-0.3, -0.25) is 0 Å². The summed E-state index contributed by atoms with van der Waals surface area (Å²) in [6.07, 6.45) is -3.57. The molecule has 1 unspecified atom stereocenters. The van der Waals surface area contributed by atoms with E-state index in [0.717, 1.165) is 11.1 Å². The molecular formula is C19H20F3NO. The molecule has 0 saturated heterocycles. The Balaban J connectivity index is 1.97. The molecule has 0 amide bonds. The molecule has 0 bridgehead atoms. The molecule has 0 aromatic heterocycles. The lowest BCUT2D eigenvalue weighted by molar-refractivity contribution is -0.0669. The zero-order chi connectivity index (χ0) is 17.4. The highest BCUT2D eigenvalue weighted by Gasteiger charge is 2.39. The second-order valence-electron chi connectivity index (χ2n) is 5.66. The summed E-state index contributed by atoms with van der Waals surface area (Å²) in [6, 6.07) is 18.4. The number of benzene rings is 2. The fourth-order valence-corrected chi connectivity index (χ4v) is 2.34. The van der Waals surface area contributed by atoms with Gasteiger partial charge in [-0.25, -0.2) is 0 Å². The molecule has 2 aromatic carbocycles. The molecule has 0 saturated carbocycles. The molecule has 128 valence electrons. The fourth-order valence-electron chi connectivity index (χ4n) is 2.34. The summed E-state index contributed by atoms with van der Waals surface area (Å²) in [6.45, 7) is 1.55. The summed E-state index contributed by atoms with van der Waals surface area (Å²) in [4.78, 5) is 4.95. The molecule has 2 rings (SSSR count). The van der Waals surface area contributed by atoms with Crippen molar-refractivity contribution in [3.63, 3.8) is 0 Å². The average Bonchev–Trinajstić information content (AvgIpc) is 2.57. The molecule has 0 N–H and O–H groups in total. The smallest absolute Gasteiger partial charge is 0.391 e. The van der Waals surface area contributed by atoms with Gasteiger partial charge in [0.05, 0.1) is 0 Å². The van der Waals surface area contributed by atoms with Crippen LogP contribution in [0, 0.1) is 5.92 Å². The van der Waals surface area contributed by atoms with Crippen molar-refractivity contribution >= 4 is 5.71 Å². The molecule has 0 spiro atoms. The largest absolute Gasteiger partial charge is 0.432 e. The highest BCUT2D eigenvalue weighted by Crippen LogP contribution is 2.25. The summed E-state index contributed by atoms with van der Waals surface area (Å²) in [7, 11) is 0. The van der Waals surface area contributed by atoms with Gasteiger partial charge in [0.2, 0.25) is 0 Å². The van der Waals surface area contributed by atoms with Crippen LogP contribution in [0.25, 0.3) is 0 Å². The van der Waals surface area contributed by atoms with E-state index in [1.54, 1.807) is 24.3 Å². The minimum Gasteiger partial charge on any atom is -0.391 e. The van der Waals surface area contributed by atoms with Crippen molar-refractivity contribution in [2.24, 2.45) is 11.1 Å². The molecule has 2 aromatic rings. The van der Waals surface area contributed by atoms with Crippen LogP contribution in [0.5, 0.6) is 0 Å². The van der Waals surface area contributed by atoms with Crippen LogP contribution in [-0.4, -0.2) is 11.9 Å². The predicted octanol–water partition coefficient (Wildman–Crippen LogP) is 5.39. The van der Waals surface area contributed by atoms with Gasteiger partial charge in [-0.05, 0) is 24.0 Å². The van der Waals surface area contributed by atoms with Gasteiger partial charge in [-0.1, -0.05) is 72.7 Å². The number of halogens is 3. The Bertz CT molecular complexity index is 639. The first-order chi connectivity index (χ1) is 11.5. The van der Waals surface area contributed by atoms with E-state index in [1.165, 1.54) is 6.92 Å². The van der Waals surface area contributed by atoms with E-state index in [-0.39, 0.29) is 6.61 Å². The summed E-state index contributed by atoms with van der Waals surface area (Å²) in [5.74, 6) is -0.735. The molecule has 5 heteroatoms. The monoisotopic (exact) mass is 335 g/mol. The first kappa shape index (κ1) is 18.0. The molecule has 0 aliphatic heterocycles. The number of hydrogen-bond acceptors (Lipinski definition) is 2. The standard InChI is InChI=1S/C19H20F3NO/c1-15(12-13-16-8-4-2-5-9-16)18(19(20,21)22)23-24-14-17-10-6-3-7-11-17/h2-11,15H,12-14H2,1H3/b23-18+. The Morgan fingerprint density at radius 1 is 0.958 bits per heavy atom. The van der Waals surface area contributed by atoms with Crippen molar-refractivity contribution in [2.75, 3.05) is 0 Å². The van der Waals surface area contributed by atoms with Crippen LogP contribution in [-0.2, 0) is 17.9 Å². The second kappa shape index (κ2) is 8.52. The minimum absolute atomic E-state index is 0.0197. The quantitative estimate of drug-likeness (QED) is 0.491. The summed E-state index contributed by atoms with van der Waals surface area (Å²) in [5, 5.41) is 3.39. The third-order valence-electron chi connectivity index (χ3n) is 3.70. The van der Waals surface area contributed by atoms with E-state index < -0.39 is 17.8 Å². The van der Waals surface area contributed by atoms with Gasteiger partial charge in [0, 0.05) is 5.92 Å². The van der Waals surface area contributed by atoms with Crippen LogP contribution in [0.4, 0.5) is 13.2 Å². The third kappa shape index (κ3) is 5.72. The van der Waals surface area contributed by atoms with E-state index >= 15 is 0 Å². The van der Waals surface area contributed by atoms with Crippen molar-refractivity contribution in [2.45, 2.75) is 32.5 Å². The molecule has 2 nitrogen and oxygen atoms in total. The highest BCUT2D eigenvalue weighted by atomic mass is 19.4. The van der Waals surface area contributed by atoms with Crippen LogP contribution in [0.1, 0.15) is 24.5 Å². The number of hydrogen-bond donors (Lipinski definition) is 0. The number of alkyl halides is 3. The fraction of sp³-hybridized carbons (Fsp3) is 0.316. The Labute approximate surface area is 140 Å². The van der Waals surface area contributed by atoms with Gasteiger partial charge < -0.3 is 4.84 Å². The maximum Gasteiger partial charge on any atom is 0.432 e. The zero-order valence-corrected chi connectivity index (χ0v) is 13.5.